The Bertz CT molecular complexity index is 392. The van der Waals surface area contributed by atoms with E-state index in [0.29, 0.717) is 11.9 Å². The summed E-state index contributed by atoms with van der Waals surface area (Å²) in [6.07, 6.45) is 3.75. The lowest BCUT2D eigenvalue weighted by molar-refractivity contribution is -0.137. The number of carboxylic acids is 1. The van der Waals surface area contributed by atoms with E-state index < -0.39 is 12.0 Å². The van der Waals surface area contributed by atoms with Crippen LogP contribution in [0, 0.1) is 0 Å². The maximum atomic E-state index is 10.7. The Morgan fingerprint density at radius 1 is 1.50 bits per heavy atom. The maximum absolute atomic E-state index is 10.7. The lowest BCUT2D eigenvalue weighted by Gasteiger charge is -2.10. The molecule has 1 fully saturated rings. The normalized spacial score (nSPS) is 16.6. The van der Waals surface area contributed by atoms with Gasteiger partial charge in [0.2, 0.25) is 0 Å². The molecule has 1 heterocycles. The molecule has 0 spiro atoms. The predicted molar refractivity (Wildman–Crippen MR) is 59.4 cm³/mol. The van der Waals surface area contributed by atoms with Crippen molar-refractivity contribution in [1.82, 2.24) is 9.97 Å². The molecule has 16 heavy (non-hydrogen) atoms. The molecule has 0 aliphatic heterocycles. The molecule has 6 heteroatoms. The number of anilines is 2. The highest BCUT2D eigenvalue weighted by Crippen LogP contribution is 2.24. The van der Waals surface area contributed by atoms with Gasteiger partial charge in [0.25, 0.3) is 0 Å². The first-order valence-electron chi connectivity index (χ1n) is 5.23. The van der Waals surface area contributed by atoms with Gasteiger partial charge in [0, 0.05) is 12.1 Å². The molecule has 1 aliphatic carbocycles. The third-order valence-electron chi connectivity index (χ3n) is 2.33. The van der Waals surface area contributed by atoms with Crippen LogP contribution >= 0.6 is 0 Å². The van der Waals surface area contributed by atoms with E-state index in [-0.39, 0.29) is 0 Å². The number of nitrogens with zero attached hydrogens (tertiary/aromatic N) is 2. The number of aliphatic carboxylic acids is 1. The van der Waals surface area contributed by atoms with E-state index in [2.05, 4.69) is 20.6 Å². The van der Waals surface area contributed by atoms with E-state index in [9.17, 15) is 4.79 Å². The lowest BCUT2D eigenvalue weighted by Crippen LogP contribution is -2.25. The molecular formula is C10H14N4O2. The van der Waals surface area contributed by atoms with Gasteiger partial charge in [-0.05, 0) is 19.8 Å². The molecule has 0 bridgehead atoms. The summed E-state index contributed by atoms with van der Waals surface area (Å²) in [5.74, 6) is 0.348. The Morgan fingerprint density at radius 2 is 2.19 bits per heavy atom. The van der Waals surface area contributed by atoms with Gasteiger partial charge in [0.05, 0.1) is 0 Å². The molecular weight excluding hydrogens is 208 g/mol. The number of carboxylic acid groups (broad SMARTS) is 1. The van der Waals surface area contributed by atoms with Crippen LogP contribution in [-0.2, 0) is 4.79 Å². The molecule has 3 N–H and O–H groups in total. The Morgan fingerprint density at radius 3 is 2.81 bits per heavy atom. The van der Waals surface area contributed by atoms with Crippen molar-refractivity contribution in [1.29, 1.82) is 0 Å². The standard InChI is InChI=1S/C10H14N4O2/c1-6(10(15)16)13-8-4-9(12-5-11-8)14-7-2-3-7/h4-7H,2-3H2,1H3,(H,15,16)(H2,11,12,13,14)/t6-/m0/s1. The van der Waals surface area contributed by atoms with E-state index >= 15 is 0 Å². The van der Waals surface area contributed by atoms with E-state index in [4.69, 9.17) is 5.11 Å². The van der Waals surface area contributed by atoms with Crippen LogP contribution in [0.5, 0.6) is 0 Å². The highest BCUT2D eigenvalue weighted by atomic mass is 16.4. The van der Waals surface area contributed by atoms with Crippen molar-refractivity contribution in [3.63, 3.8) is 0 Å². The van der Waals surface area contributed by atoms with Crippen LogP contribution in [0.1, 0.15) is 19.8 Å². The van der Waals surface area contributed by atoms with Crippen LogP contribution < -0.4 is 10.6 Å². The molecule has 1 aromatic heterocycles. The minimum Gasteiger partial charge on any atom is -0.480 e. The van der Waals surface area contributed by atoms with Gasteiger partial charge in [-0.2, -0.15) is 0 Å². The SMILES string of the molecule is C[C@H](Nc1cc(NC2CC2)ncn1)C(=O)O. The summed E-state index contributed by atoms with van der Waals surface area (Å²) in [6.45, 7) is 1.57. The van der Waals surface area contributed by atoms with Crippen LogP contribution in [0.15, 0.2) is 12.4 Å². The van der Waals surface area contributed by atoms with Gasteiger partial charge in [-0.1, -0.05) is 0 Å². The predicted octanol–water partition coefficient (Wildman–Crippen LogP) is 0.936. The number of hydrogen-bond donors (Lipinski definition) is 3. The van der Waals surface area contributed by atoms with Crippen molar-refractivity contribution in [2.24, 2.45) is 0 Å². The Kier molecular flexibility index (Phi) is 2.89. The molecule has 0 radical (unpaired) electrons. The zero-order valence-electron chi connectivity index (χ0n) is 8.97. The van der Waals surface area contributed by atoms with Crippen molar-refractivity contribution >= 4 is 17.6 Å². The lowest BCUT2D eigenvalue weighted by atomic mass is 10.3. The quantitative estimate of drug-likeness (QED) is 0.687. The van der Waals surface area contributed by atoms with Crippen molar-refractivity contribution in [3.8, 4) is 0 Å². The first kappa shape index (κ1) is 10.7. The highest BCUT2D eigenvalue weighted by Gasteiger charge is 2.21. The van der Waals surface area contributed by atoms with Crippen molar-refractivity contribution in [2.45, 2.75) is 31.8 Å². The second-order valence-electron chi connectivity index (χ2n) is 3.91. The number of carbonyl (C=O) groups is 1. The molecule has 1 atom stereocenters. The molecule has 0 amide bonds. The Balaban J connectivity index is 2.00. The first-order chi connectivity index (χ1) is 7.65. The van der Waals surface area contributed by atoms with Gasteiger partial charge in [-0.15, -0.1) is 0 Å². The van der Waals surface area contributed by atoms with Gasteiger partial charge in [0.1, 0.15) is 24.0 Å². The molecule has 6 nitrogen and oxygen atoms in total. The van der Waals surface area contributed by atoms with Crippen LogP contribution in [0.25, 0.3) is 0 Å². The highest BCUT2D eigenvalue weighted by molar-refractivity contribution is 5.76. The smallest absolute Gasteiger partial charge is 0.325 e. The van der Waals surface area contributed by atoms with Gasteiger partial charge in [0.15, 0.2) is 0 Å². The zero-order valence-corrected chi connectivity index (χ0v) is 8.97. The molecule has 86 valence electrons. The Hall–Kier alpha value is -1.85. The van der Waals surface area contributed by atoms with Gasteiger partial charge in [-0.25, -0.2) is 9.97 Å². The summed E-state index contributed by atoms with van der Waals surface area (Å²) >= 11 is 0. The van der Waals surface area contributed by atoms with Crippen LogP contribution in [0.2, 0.25) is 0 Å². The minimum absolute atomic E-state index is 0.514. The average Bonchev–Trinajstić information content (AvgIpc) is 3.02. The molecule has 0 aromatic carbocycles. The summed E-state index contributed by atoms with van der Waals surface area (Å²) in [7, 11) is 0. The molecule has 1 saturated carbocycles. The summed E-state index contributed by atoms with van der Waals surface area (Å²) in [5.41, 5.74) is 0. The van der Waals surface area contributed by atoms with Gasteiger partial charge < -0.3 is 15.7 Å². The summed E-state index contributed by atoms with van der Waals surface area (Å²) in [5, 5.41) is 14.8. The monoisotopic (exact) mass is 222 g/mol. The number of nitrogens with one attached hydrogen (secondary N) is 2. The number of hydrogen-bond acceptors (Lipinski definition) is 5. The second-order valence-corrected chi connectivity index (χ2v) is 3.91. The van der Waals surface area contributed by atoms with Crippen molar-refractivity contribution in [2.75, 3.05) is 10.6 Å². The molecule has 1 aliphatic rings. The van der Waals surface area contributed by atoms with Crippen LogP contribution in [0.3, 0.4) is 0 Å². The molecule has 0 unspecified atom stereocenters. The van der Waals surface area contributed by atoms with Crippen molar-refractivity contribution in [3.05, 3.63) is 12.4 Å². The fourth-order valence-corrected chi connectivity index (χ4v) is 1.24. The minimum atomic E-state index is -0.907. The van der Waals surface area contributed by atoms with E-state index in [1.807, 2.05) is 0 Å². The molecule has 1 aromatic rings. The van der Waals surface area contributed by atoms with E-state index in [0.717, 1.165) is 18.7 Å². The fourth-order valence-electron chi connectivity index (χ4n) is 1.24. The van der Waals surface area contributed by atoms with E-state index in [1.54, 1.807) is 13.0 Å². The largest absolute Gasteiger partial charge is 0.480 e. The van der Waals surface area contributed by atoms with Crippen LogP contribution in [-0.4, -0.2) is 33.1 Å². The topological polar surface area (TPSA) is 87.1 Å². The average molecular weight is 222 g/mol. The van der Waals surface area contributed by atoms with Gasteiger partial charge >= 0.3 is 5.97 Å². The summed E-state index contributed by atoms with van der Waals surface area (Å²) < 4.78 is 0. The second kappa shape index (κ2) is 4.34. The van der Waals surface area contributed by atoms with Crippen LogP contribution in [0.4, 0.5) is 11.6 Å². The summed E-state index contributed by atoms with van der Waals surface area (Å²) in [6, 6.07) is 1.57. The molecule has 0 saturated heterocycles. The zero-order chi connectivity index (χ0) is 11.5. The summed E-state index contributed by atoms with van der Waals surface area (Å²) in [4.78, 5) is 18.7. The van der Waals surface area contributed by atoms with E-state index in [1.165, 1.54) is 6.33 Å². The third-order valence-corrected chi connectivity index (χ3v) is 2.33. The number of rotatable bonds is 5. The van der Waals surface area contributed by atoms with Gasteiger partial charge in [-0.3, -0.25) is 4.79 Å². The fraction of sp³-hybridized carbons (Fsp3) is 0.500. The Labute approximate surface area is 93.1 Å². The third kappa shape index (κ3) is 2.82. The maximum Gasteiger partial charge on any atom is 0.325 e. The first-order valence-corrected chi connectivity index (χ1v) is 5.23. The molecule has 2 rings (SSSR count). The van der Waals surface area contributed by atoms with Crippen molar-refractivity contribution < 1.29 is 9.90 Å². The number of aromatic nitrogens is 2.